The second-order valence-corrected chi connectivity index (χ2v) is 8.24. The van der Waals surface area contributed by atoms with E-state index >= 15 is 0 Å². The molecule has 0 spiro atoms. The molecule has 0 radical (unpaired) electrons. The molecular formula is C22H22N2O4S. The van der Waals surface area contributed by atoms with Gasteiger partial charge in [0.2, 0.25) is 10.0 Å². The molecule has 0 aliphatic rings. The average Bonchev–Trinajstić information content (AvgIpc) is 3.26. The Labute approximate surface area is 170 Å². The highest BCUT2D eigenvalue weighted by Gasteiger charge is 2.30. The summed E-state index contributed by atoms with van der Waals surface area (Å²) in [6, 6.07) is 17.9. The van der Waals surface area contributed by atoms with Crippen LogP contribution in [0.5, 0.6) is 0 Å². The van der Waals surface area contributed by atoms with Gasteiger partial charge < -0.3 is 5.11 Å². The first-order valence-electron chi connectivity index (χ1n) is 9.05. The number of carbonyl (C=O) groups is 1. The average molecular weight is 410 g/mol. The van der Waals surface area contributed by atoms with Crippen molar-refractivity contribution in [3.8, 4) is 0 Å². The van der Waals surface area contributed by atoms with Crippen molar-refractivity contribution in [2.75, 3.05) is 0 Å². The molecule has 150 valence electrons. The summed E-state index contributed by atoms with van der Waals surface area (Å²) in [6.45, 7) is 1.69. The Bertz CT molecular complexity index is 1090. The number of nitrogens with one attached hydrogen (secondary N) is 1. The van der Waals surface area contributed by atoms with E-state index in [1.54, 1.807) is 43.3 Å². The Morgan fingerprint density at radius 1 is 1.00 bits per heavy atom. The van der Waals surface area contributed by atoms with Crippen LogP contribution >= 0.6 is 0 Å². The van der Waals surface area contributed by atoms with Crippen LogP contribution < -0.4 is 4.72 Å². The largest absolute Gasteiger partial charge is 0.381 e. The third-order valence-electron chi connectivity index (χ3n) is 4.42. The molecular weight excluding hydrogens is 388 g/mol. The first-order chi connectivity index (χ1) is 13.9. The molecule has 0 aliphatic heterocycles. The number of aliphatic hydroxyl groups excluding tert-OH is 1. The number of hydrogen-bond donors (Lipinski definition) is 2. The first kappa shape index (κ1) is 20.7. The number of rotatable bonds is 7. The van der Waals surface area contributed by atoms with E-state index in [9.17, 15) is 18.3 Å². The molecule has 3 rings (SSSR count). The second-order valence-electron chi connectivity index (χ2n) is 6.56. The van der Waals surface area contributed by atoms with Gasteiger partial charge in [-0.1, -0.05) is 60.7 Å². The van der Waals surface area contributed by atoms with Gasteiger partial charge in [-0.15, -0.1) is 0 Å². The van der Waals surface area contributed by atoms with Crippen LogP contribution in [0.3, 0.4) is 0 Å². The summed E-state index contributed by atoms with van der Waals surface area (Å²) in [6.07, 6.45) is 4.54. The van der Waals surface area contributed by atoms with Crippen LogP contribution in [0.4, 0.5) is 0 Å². The quantitative estimate of drug-likeness (QED) is 0.627. The van der Waals surface area contributed by atoms with Crippen molar-refractivity contribution < 1.29 is 18.3 Å². The van der Waals surface area contributed by atoms with Gasteiger partial charge in [-0.3, -0.25) is 9.36 Å². The Morgan fingerprint density at radius 2 is 1.62 bits per heavy atom. The molecule has 2 aromatic carbocycles. The standard InChI is InChI=1S/C22H22N2O4S/c1-17-9-5-6-12-20(17)29(27,28)23-19(14-13-18-10-3-2-4-11-18)21(25)22(26)24-15-7-8-16-24/h2-16,19,21,23,25H,1H3/b14-13+/t19-,21+/m0/s1. The Hall–Kier alpha value is -3.00. The van der Waals surface area contributed by atoms with E-state index in [1.807, 2.05) is 30.3 Å². The van der Waals surface area contributed by atoms with Gasteiger partial charge in [-0.25, -0.2) is 13.1 Å². The molecule has 1 aromatic heterocycles. The van der Waals surface area contributed by atoms with E-state index in [0.29, 0.717) is 5.56 Å². The van der Waals surface area contributed by atoms with E-state index in [4.69, 9.17) is 0 Å². The summed E-state index contributed by atoms with van der Waals surface area (Å²) in [5.41, 5.74) is 1.38. The number of aromatic nitrogens is 1. The Morgan fingerprint density at radius 3 is 2.28 bits per heavy atom. The number of benzene rings is 2. The highest BCUT2D eigenvalue weighted by Crippen LogP contribution is 2.16. The van der Waals surface area contributed by atoms with Crippen LogP contribution in [0.1, 0.15) is 15.9 Å². The molecule has 1 heterocycles. The number of carbonyl (C=O) groups excluding carboxylic acids is 1. The maximum atomic E-state index is 12.9. The van der Waals surface area contributed by atoms with Crippen molar-refractivity contribution in [3.63, 3.8) is 0 Å². The number of aryl methyl sites for hydroxylation is 1. The Kier molecular flexibility index (Phi) is 6.43. The third-order valence-corrected chi connectivity index (χ3v) is 6.04. The fourth-order valence-electron chi connectivity index (χ4n) is 2.88. The molecule has 3 aromatic rings. The lowest BCUT2D eigenvalue weighted by Gasteiger charge is -2.21. The number of nitrogens with zero attached hydrogens (tertiary/aromatic N) is 1. The predicted molar refractivity (Wildman–Crippen MR) is 112 cm³/mol. The SMILES string of the molecule is Cc1ccccc1S(=O)(=O)N[C@@H](/C=C/c1ccccc1)[C@@H](O)C(=O)n1cccc1. The molecule has 2 atom stereocenters. The minimum atomic E-state index is -3.96. The van der Waals surface area contributed by atoms with Gasteiger partial charge in [0.1, 0.15) is 0 Å². The highest BCUT2D eigenvalue weighted by molar-refractivity contribution is 7.89. The maximum absolute atomic E-state index is 12.9. The van der Waals surface area contributed by atoms with Crippen molar-refractivity contribution in [2.45, 2.75) is 24.0 Å². The monoisotopic (exact) mass is 410 g/mol. The number of sulfonamides is 1. The maximum Gasteiger partial charge on any atom is 0.261 e. The molecule has 29 heavy (non-hydrogen) atoms. The van der Waals surface area contributed by atoms with E-state index < -0.39 is 28.1 Å². The first-order valence-corrected chi connectivity index (χ1v) is 10.5. The normalized spacial score (nSPS) is 14.0. The summed E-state index contributed by atoms with van der Waals surface area (Å²) in [4.78, 5) is 12.7. The minimum Gasteiger partial charge on any atom is -0.381 e. The van der Waals surface area contributed by atoms with Crippen LogP contribution in [-0.4, -0.2) is 36.1 Å². The van der Waals surface area contributed by atoms with Crippen molar-refractivity contribution >= 4 is 22.0 Å². The lowest BCUT2D eigenvalue weighted by Crippen LogP contribution is -2.47. The van der Waals surface area contributed by atoms with Gasteiger partial charge >= 0.3 is 0 Å². The van der Waals surface area contributed by atoms with Gasteiger partial charge in [0, 0.05) is 12.4 Å². The van der Waals surface area contributed by atoms with Crippen molar-refractivity contribution in [3.05, 3.63) is 96.3 Å². The summed E-state index contributed by atoms with van der Waals surface area (Å²) in [5, 5.41) is 10.7. The topological polar surface area (TPSA) is 88.4 Å². The lowest BCUT2D eigenvalue weighted by atomic mass is 10.1. The summed E-state index contributed by atoms with van der Waals surface area (Å²) >= 11 is 0. The molecule has 0 saturated heterocycles. The zero-order valence-electron chi connectivity index (χ0n) is 15.8. The van der Waals surface area contributed by atoms with Crippen LogP contribution in [0.2, 0.25) is 0 Å². The molecule has 0 bridgehead atoms. The van der Waals surface area contributed by atoms with Gasteiger partial charge in [-0.05, 0) is 36.2 Å². The smallest absolute Gasteiger partial charge is 0.261 e. The summed E-state index contributed by atoms with van der Waals surface area (Å²) in [5.74, 6) is -0.634. The molecule has 2 N–H and O–H groups in total. The van der Waals surface area contributed by atoms with Crippen LogP contribution in [0, 0.1) is 6.92 Å². The molecule has 0 saturated carbocycles. The van der Waals surface area contributed by atoms with Gasteiger partial charge in [0.05, 0.1) is 10.9 Å². The zero-order valence-corrected chi connectivity index (χ0v) is 16.7. The van der Waals surface area contributed by atoms with E-state index in [1.165, 1.54) is 29.1 Å². The number of aliphatic hydroxyl groups is 1. The zero-order chi connectivity index (χ0) is 20.9. The van der Waals surface area contributed by atoms with Gasteiger partial charge in [-0.2, -0.15) is 0 Å². The van der Waals surface area contributed by atoms with Crippen LogP contribution in [0.25, 0.3) is 6.08 Å². The Balaban J connectivity index is 1.93. The number of hydrogen-bond acceptors (Lipinski definition) is 4. The van der Waals surface area contributed by atoms with Crippen LogP contribution in [-0.2, 0) is 10.0 Å². The van der Waals surface area contributed by atoms with E-state index in [0.717, 1.165) is 5.56 Å². The van der Waals surface area contributed by atoms with Crippen molar-refractivity contribution in [1.82, 2.24) is 9.29 Å². The minimum absolute atomic E-state index is 0.0960. The molecule has 0 unspecified atom stereocenters. The van der Waals surface area contributed by atoms with Gasteiger partial charge in [0.25, 0.3) is 5.91 Å². The fourth-order valence-corrected chi connectivity index (χ4v) is 4.32. The van der Waals surface area contributed by atoms with Crippen molar-refractivity contribution in [2.24, 2.45) is 0 Å². The summed E-state index contributed by atoms with van der Waals surface area (Å²) in [7, 11) is -3.96. The van der Waals surface area contributed by atoms with Crippen LogP contribution in [0.15, 0.2) is 90.1 Å². The highest BCUT2D eigenvalue weighted by atomic mass is 32.2. The third kappa shape index (κ3) is 5.08. The lowest BCUT2D eigenvalue weighted by molar-refractivity contribution is 0.0622. The van der Waals surface area contributed by atoms with Gasteiger partial charge in [0.15, 0.2) is 6.10 Å². The second kappa shape index (κ2) is 9.00. The molecule has 0 aliphatic carbocycles. The molecule has 0 amide bonds. The summed E-state index contributed by atoms with van der Waals surface area (Å²) < 4.78 is 29.5. The molecule has 0 fully saturated rings. The molecule has 6 nitrogen and oxygen atoms in total. The fraction of sp³-hybridized carbons (Fsp3) is 0.136. The van der Waals surface area contributed by atoms with E-state index in [-0.39, 0.29) is 4.90 Å². The van der Waals surface area contributed by atoms with E-state index in [2.05, 4.69) is 4.72 Å². The van der Waals surface area contributed by atoms with Crippen molar-refractivity contribution in [1.29, 1.82) is 0 Å². The predicted octanol–water partition coefficient (Wildman–Crippen LogP) is 2.86. The molecule has 7 heteroatoms.